The molecule has 42 heavy (non-hydrogen) atoms. The molecule has 1 fully saturated rings. The summed E-state index contributed by atoms with van der Waals surface area (Å²) < 4.78 is 41.6. The molecule has 0 unspecified atom stereocenters. The van der Waals surface area contributed by atoms with Crippen LogP contribution < -0.4 is 19.7 Å². The van der Waals surface area contributed by atoms with Gasteiger partial charge in [-0.05, 0) is 86.6 Å². The van der Waals surface area contributed by atoms with E-state index in [0.717, 1.165) is 24.0 Å². The van der Waals surface area contributed by atoms with Crippen LogP contribution >= 0.6 is 0 Å². The number of rotatable bonds is 9. The third-order valence-electron chi connectivity index (χ3n) is 7.96. The second-order valence-corrected chi connectivity index (χ2v) is 12.3. The molecule has 0 saturated carbocycles. The summed E-state index contributed by atoms with van der Waals surface area (Å²) in [6.07, 6.45) is 3.63. The first-order valence-corrected chi connectivity index (χ1v) is 15.9. The molecule has 1 amide bonds. The van der Waals surface area contributed by atoms with Gasteiger partial charge < -0.3 is 19.7 Å². The first kappa shape index (κ1) is 29.6. The van der Waals surface area contributed by atoms with E-state index >= 15 is 0 Å². The third kappa shape index (κ3) is 6.60. The van der Waals surface area contributed by atoms with Crippen molar-refractivity contribution in [1.82, 2.24) is 4.72 Å². The van der Waals surface area contributed by atoms with E-state index in [2.05, 4.69) is 10.0 Å². The van der Waals surface area contributed by atoms with Crippen LogP contribution in [-0.4, -0.2) is 47.1 Å². The number of carbonyl (C=O) groups excluding carboxylic acids is 2. The standard InChI is InChI=1S/C32H37N3O6S/c1-3-41-32(37)23-16-18-35(19-17-23)29-15-14-25(33-31(36)24-10-6-11-26(20-24)40-2)21-30(29)42(38,39)34-28-13-7-9-22-8-4-5-12-27(22)28/h4-6,8,10-12,14-15,20-21,23,28,34H,3,7,9,13,16-19H2,1-2H3,(H,33,36)/t28-/m1/s1. The molecule has 3 aromatic rings. The summed E-state index contributed by atoms with van der Waals surface area (Å²) >= 11 is 0. The van der Waals surface area contributed by atoms with Gasteiger partial charge in [0.05, 0.1) is 25.3 Å². The summed E-state index contributed by atoms with van der Waals surface area (Å²) in [7, 11) is -2.48. The normalized spacial score (nSPS) is 17.3. The highest BCUT2D eigenvalue weighted by molar-refractivity contribution is 7.89. The summed E-state index contributed by atoms with van der Waals surface area (Å²) in [5.41, 5.74) is 3.43. The number of nitrogens with one attached hydrogen (secondary N) is 2. The number of carbonyl (C=O) groups is 2. The monoisotopic (exact) mass is 591 g/mol. The number of ether oxygens (including phenoxy) is 2. The molecule has 9 nitrogen and oxygen atoms in total. The minimum absolute atomic E-state index is 0.0866. The summed E-state index contributed by atoms with van der Waals surface area (Å²) in [6.45, 7) is 3.14. The maximum absolute atomic E-state index is 14.1. The van der Waals surface area contributed by atoms with Crippen molar-refractivity contribution in [3.63, 3.8) is 0 Å². The zero-order chi connectivity index (χ0) is 29.7. The molecule has 3 aromatic carbocycles. The van der Waals surface area contributed by atoms with Crippen molar-refractivity contribution in [1.29, 1.82) is 0 Å². The SMILES string of the molecule is CCOC(=O)C1CCN(c2ccc(NC(=O)c3cccc(OC)c3)cc2S(=O)(=O)N[C@@H]2CCCc3ccccc32)CC1. The van der Waals surface area contributed by atoms with Gasteiger partial charge in [-0.25, -0.2) is 13.1 Å². The van der Waals surface area contributed by atoms with E-state index in [1.165, 1.54) is 13.2 Å². The largest absolute Gasteiger partial charge is 0.497 e. The average Bonchev–Trinajstić information content (AvgIpc) is 3.01. The van der Waals surface area contributed by atoms with Crippen molar-refractivity contribution < 1.29 is 27.5 Å². The molecule has 2 aliphatic rings. The summed E-state index contributed by atoms with van der Waals surface area (Å²) in [5.74, 6) is -0.253. The smallest absolute Gasteiger partial charge is 0.309 e. The Balaban J connectivity index is 1.45. The Morgan fingerprint density at radius 2 is 1.76 bits per heavy atom. The zero-order valence-electron chi connectivity index (χ0n) is 24.0. The molecule has 1 aliphatic carbocycles. The van der Waals surface area contributed by atoms with Crippen molar-refractivity contribution in [3.05, 3.63) is 83.4 Å². The number of piperidine rings is 1. The fourth-order valence-corrected chi connectivity index (χ4v) is 7.28. The predicted octanol–water partition coefficient (Wildman–Crippen LogP) is 5.08. The van der Waals surface area contributed by atoms with Gasteiger partial charge in [0.1, 0.15) is 10.6 Å². The van der Waals surface area contributed by atoms with Crippen LogP contribution in [0.15, 0.2) is 71.6 Å². The second-order valence-electron chi connectivity index (χ2n) is 10.6. The summed E-state index contributed by atoms with van der Waals surface area (Å²) in [6, 6.07) is 19.3. The van der Waals surface area contributed by atoms with Crippen LogP contribution in [0.1, 0.15) is 60.1 Å². The first-order valence-electron chi connectivity index (χ1n) is 14.4. The Kier molecular flexibility index (Phi) is 9.13. The van der Waals surface area contributed by atoms with Crippen LogP contribution in [0.3, 0.4) is 0 Å². The van der Waals surface area contributed by atoms with Crippen molar-refractivity contribution in [2.24, 2.45) is 5.92 Å². The maximum atomic E-state index is 14.1. The molecule has 1 saturated heterocycles. The molecule has 0 aromatic heterocycles. The lowest BCUT2D eigenvalue weighted by atomic mass is 9.88. The Morgan fingerprint density at radius 3 is 2.52 bits per heavy atom. The predicted molar refractivity (Wildman–Crippen MR) is 161 cm³/mol. The van der Waals surface area contributed by atoms with Gasteiger partial charge in [-0.2, -0.15) is 0 Å². The summed E-state index contributed by atoms with van der Waals surface area (Å²) in [4.78, 5) is 27.4. The number of hydrogen-bond donors (Lipinski definition) is 2. The number of amides is 1. The number of aryl methyl sites for hydroxylation is 1. The van der Waals surface area contributed by atoms with Crippen molar-refractivity contribution in [3.8, 4) is 5.75 Å². The highest BCUT2D eigenvalue weighted by Gasteiger charge is 2.32. The van der Waals surface area contributed by atoms with Gasteiger partial charge in [-0.15, -0.1) is 0 Å². The average molecular weight is 592 g/mol. The number of fused-ring (bicyclic) bond motifs is 1. The van der Waals surface area contributed by atoms with Crippen LogP contribution in [-0.2, 0) is 26.0 Å². The van der Waals surface area contributed by atoms with Crippen LogP contribution in [0, 0.1) is 5.92 Å². The van der Waals surface area contributed by atoms with E-state index in [0.29, 0.717) is 61.6 Å². The van der Waals surface area contributed by atoms with E-state index in [-0.39, 0.29) is 28.7 Å². The zero-order valence-corrected chi connectivity index (χ0v) is 24.8. The van der Waals surface area contributed by atoms with Gasteiger partial charge >= 0.3 is 5.97 Å². The van der Waals surface area contributed by atoms with Crippen molar-refractivity contribution in [2.45, 2.75) is 50.0 Å². The van der Waals surface area contributed by atoms with Gasteiger partial charge in [-0.1, -0.05) is 30.3 Å². The van der Waals surface area contributed by atoms with Crippen LogP contribution in [0.2, 0.25) is 0 Å². The molecule has 0 radical (unpaired) electrons. The molecule has 0 bridgehead atoms. The number of methoxy groups -OCH3 is 1. The fraction of sp³-hybridized carbons (Fsp3) is 0.375. The molecule has 222 valence electrons. The molecule has 2 N–H and O–H groups in total. The molecule has 0 spiro atoms. The van der Waals surface area contributed by atoms with E-state index < -0.39 is 10.0 Å². The highest BCUT2D eigenvalue weighted by atomic mass is 32.2. The van der Waals surface area contributed by atoms with Gasteiger partial charge in [0.2, 0.25) is 10.0 Å². The fourth-order valence-electron chi connectivity index (χ4n) is 5.78. The van der Waals surface area contributed by atoms with Crippen LogP contribution in [0.5, 0.6) is 5.75 Å². The van der Waals surface area contributed by atoms with E-state index in [1.807, 2.05) is 29.2 Å². The number of anilines is 2. The molecule has 10 heteroatoms. The van der Waals surface area contributed by atoms with Gasteiger partial charge in [0.25, 0.3) is 5.91 Å². The van der Waals surface area contributed by atoms with Gasteiger partial charge in [0, 0.05) is 30.4 Å². The minimum atomic E-state index is -4.01. The van der Waals surface area contributed by atoms with Gasteiger partial charge in [-0.3, -0.25) is 9.59 Å². The highest BCUT2D eigenvalue weighted by Crippen LogP contribution is 2.35. The quantitative estimate of drug-likeness (QED) is 0.334. The third-order valence-corrected chi connectivity index (χ3v) is 9.46. The summed E-state index contributed by atoms with van der Waals surface area (Å²) in [5, 5.41) is 2.84. The van der Waals surface area contributed by atoms with Crippen LogP contribution in [0.25, 0.3) is 0 Å². The van der Waals surface area contributed by atoms with E-state index in [1.54, 1.807) is 43.3 Å². The molecule has 1 aliphatic heterocycles. The molecule has 1 atom stereocenters. The van der Waals surface area contributed by atoms with Crippen molar-refractivity contribution in [2.75, 3.05) is 37.0 Å². The Hall–Kier alpha value is -3.89. The molecular weight excluding hydrogens is 554 g/mol. The number of esters is 1. The Labute approximate surface area is 247 Å². The number of nitrogens with zero attached hydrogens (tertiary/aromatic N) is 1. The molecular formula is C32H37N3O6S. The number of hydrogen-bond acceptors (Lipinski definition) is 7. The topological polar surface area (TPSA) is 114 Å². The Morgan fingerprint density at radius 1 is 0.976 bits per heavy atom. The van der Waals surface area contributed by atoms with Gasteiger partial charge in [0.15, 0.2) is 0 Å². The lowest BCUT2D eigenvalue weighted by Gasteiger charge is -2.34. The van der Waals surface area contributed by atoms with Crippen molar-refractivity contribution >= 4 is 33.3 Å². The lowest BCUT2D eigenvalue weighted by Crippen LogP contribution is -2.38. The molecule has 5 rings (SSSR count). The van der Waals surface area contributed by atoms with E-state index in [4.69, 9.17) is 9.47 Å². The lowest BCUT2D eigenvalue weighted by molar-refractivity contribution is -0.148. The van der Waals surface area contributed by atoms with E-state index in [9.17, 15) is 18.0 Å². The van der Waals surface area contributed by atoms with Crippen LogP contribution in [0.4, 0.5) is 11.4 Å². The first-order chi connectivity index (χ1) is 20.3. The Bertz CT molecular complexity index is 1550. The molecule has 1 heterocycles. The number of sulfonamides is 1. The minimum Gasteiger partial charge on any atom is -0.497 e. The number of benzene rings is 3. The maximum Gasteiger partial charge on any atom is 0.309 e. The second kappa shape index (κ2) is 13.0.